The highest BCUT2D eigenvalue weighted by atomic mass is 16.4. The van der Waals surface area contributed by atoms with Crippen LogP contribution >= 0.6 is 0 Å². The summed E-state index contributed by atoms with van der Waals surface area (Å²) >= 11 is 0. The lowest BCUT2D eigenvalue weighted by Gasteiger charge is -2.64. The van der Waals surface area contributed by atoms with Gasteiger partial charge in [-0.1, -0.05) is 20.8 Å². The molecule has 0 spiro atoms. The number of amides is 1. The van der Waals surface area contributed by atoms with Crippen molar-refractivity contribution in [3.8, 4) is 0 Å². The standard InChI is InChI=1S/C26H43NO7/c1-13(4-7-20(30)27-12-21(31)32)15-5-6-16-22-17(11-19(29)26(15,16)3)25(2)9-8-14(28)10-18(25)23(33)24(22)34/h13-19,22-24,28-29,33-34H,4-12H2,1-3H3,(H,27,30)(H,31,32)/t13-,14-,15-,16+,17+,18+,19-,22+,23+,24+,25-,26-/m1/s1. The van der Waals surface area contributed by atoms with Crippen LogP contribution < -0.4 is 5.32 Å². The number of fused-ring (bicyclic) bond motifs is 5. The Labute approximate surface area is 202 Å². The molecule has 34 heavy (non-hydrogen) atoms. The molecule has 4 fully saturated rings. The topological polar surface area (TPSA) is 147 Å². The first-order valence-corrected chi connectivity index (χ1v) is 13.1. The van der Waals surface area contributed by atoms with Gasteiger partial charge in [0.1, 0.15) is 6.54 Å². The summed E-state index contributed by atoms with van der Waals surface area (Å²) in [6, 6.07) is 0. The van der Waals surface area contributed by atoms with Crippen LogP contribution in [0.25, 0.3) is 0 Å². The molecule has 1 amide bonds. The minimum atomic E-state index is -1.07. The molecule has 0 bridgehead atoms. The van der Waals surface area contributed by atoms with Gasteiger partial charge in [0.05, 0.1) is 24.4 Å². The van der Waals surface area contributed by atoms with E-state index in [0.717, 1.165) is 19.3 Å². The Morgan fingerprint density at radius 2 is 1.68 bits per heavy atom. The van der Waals surface area contributed by atoms with Crippen LogP contribution in [0.15, 0.2) is 0 Å². The summed E-state index contributed by atoms with van der Waals surface area (Å²) < 4.78 is 0. The fourth-order valence-corrected chi connectivity index (χ4v) is 8.99. The van der Waals surface area contributed by atoms with Crippen molar-refractivity contribution in [2.75, 3.05) is 6.54 Å². The number of carbonyl (C=O) groups excluding carboxylic acids is 1. The van der Waals surface area contributed by atoms with Crippen molar-refractivity contribution in [2.45, 2.75) is 96.6 Å². The second-order valence-corrected chi connectivity index (χ2v) is 12.3. The smallest absolute Gasteiger partial charge is 0.322 e. The molecule has 0 aliphatic heterocycles. The van der Waals surface area contributed by atoms with Crippen molar-refractivity contribution < 1.29 is 35.1 Å². The summed E-state index contributed by atoms with van der Waals surface area (Å²) in [7, 11) is 0. The summed E-state index contributed by atoms with van der Waals surface area (Å²) in [6.07, 6.45) is 2.53. The predicted molar refractivity (Wildman–Crippen MR) is 124 cm³/mol. The van der Waals surface area contributed by atoms with Gasteiger partial charge in [0.2, 0.25) is 5.91 Å². The van der Waals surface area contributed by atoms with Gasteiger partial charge in [-0.2, -0.15) is 0 Å². The van der Waals surface area contributed by atoms with E-state index in [9.17, 15) is 30.0 Å². The van der Waals surface area contributed by atoms with Gasteiger partial charge in [-0.15, -0.1) is 0 Å². The quantitative estimate of drug-likeness (QED) is 0.337. The van der Waals surface area contributed by atoms with Gasteiger partial charge in [0.25, 0.3) is 0 Å². The number of hydrogen-bond donors (Lipinski definition) is 6. The van der Waals surface area contributed by atoms with Gasteiger partial charge in [0, 0.05) is 6.42 Å². The van der Waals surface area contributed by atoms with Crippen LogP contribution in [-0.2, 0) is 9.59 Å². The van der Waals surface area contributed by atoms with Crippen LogP contribution in [0.5, 0.6) is 0 Å². The largest absolute Gasteiger partial charge is 0.480 e. The Bertz CT molecular complexity index is 791. The second kappa shape index (κ2) is 9.34. The molecule has 0 radical (unpaired) electrons. The van der Waals surface area contributed by atoms with E-state index in [0.29, 0.717) is 25.7 Å². The number of aliphatic carboxylic acids is 1. The van der Waals surface area contributed by atoms with E-state index in [-0.39, 0.29) is 59.8 Å². The van der Waals surface area contributed by atoms with E-state index in [2.05, 4.69) is 26.1 Å². The Hall–Kier alpha value is -1.22. The fraction of sp³-hybridized carbons (Fsp3) is 0.923. The number of nitrogens with one attached hydrogen (secondary N) is 1. The third kappa shape index (κ3) is 4.08. The minimum absolute atomic E-state index is 0.0869. The summed E-state index contributed by atoms with van der Waals surface area (Å²) in [4.78, 5) is 22.7. The maximum absolute atomic E-state index is 12.1. The van der Waals surface area contributed by atoms with Gasteiger partial charge in [-0.3, -0.25) is 9.59 Å². The number of carbonyl (C=O) groups is 2. The first-order chi connectivity index (χ1) is 15.9. The van der Waals surface area contributed by atoms with Crippen molar-refractivity contribution in [1.29, 1.82) is 0 Å². The molecular formula is C26H43NO7. The molecule has 0 aromatic rings. The van der Waals surface area contributed by atoms with Crippen LogP contribution in [0.3, 0.4) is 0 Å². The zero-order chi connectivity index (χ0) is 25.0. The monoisotopic (exact) mass is 481 g/mol. The maximum atomic E-state index is 12.1. The first kappa shape index (κ1) is 25.9. The molecule has 0 aromatic heterocycles. The third-order valence-electron chi connectivity index (χ3n) is 10.9. The highest BCUT2D eigenvalue weighted by molar-refractivity contribution is 5.81. The second-order valence-electron chi connectivity index (χ2n) is 12.3. The van der Waals surface area contributed by atoms with Crippen molar-refractivity contribution in [3.05, 3.63) is 0 Å². The normalized spacial score (nSPS) is 48.9. The summed E-state index contributed by atoms with van der Waals surface area (Å²) in [6.45, 7) is 6.05. The van der Waals surface area contributed by atoms with Crippen molar-refractivity contribution in [2.24, 2.45) is 46.3 Å². The van der Waals surface area contributed by atoms with Crippen LogP contribution in [0.4, 0.5) is 0 Å². The highest BCUT2D eigenvalue weighted by Gasteiger charge is 2.67. The molecule has 0 aromatic carbocycles. The summed E-state index contributed by atoms with van der Waals surface area (Å²) in [5, 5.41) is 55.5. The Morgan fingerprint density at radius 3 is 2.35 bits per heavy atom. The zero-order valence-corrected chi connectivity index (χ0v) is 20.7. The molecule has 4 rings (SSSR count). The van der Waals surface area contributed by atoms with Gasteiger partial charge in [-0.05, 0) is 91.3 Å². The van der Waals surface area contributed by atoms with Gasteiger partial charge < -0.3 is 30.8 Å². The lowest BCUT2D eigenvalue weighted by Crippen LogP contribution is -2.66. The number of aliphatic hydroxyl groups excluding tert-OH is 4. The highest BCUT2D eigenvalue weighted by Crippen LogP contribution is 2.68. The van der Waals surface area contributed by atoms with E-state index in [1.807, 2.05) is 0 Å². The number of rotatable bonds is 6. The number of carboxylic acids is 1. The Balaban J connectivity index is 1.52. The molecule has 0 saturated heterocycles. The molecule has 0 unspecified atom stereocenters. The maximum Gasteiger partial charge on any atom is 0.322 e. The molecule has 8 heteroatoms. The van der Waals surface area contributed by atoms with Crippen LogP contribution in [0.2, 0.25) is 0 Å². The molecule has 194 valence electrons. The number of carboxylic acid groups (broad SMARTS) is 1. The van der Waals surface area contributed by atoms with E-state index >= 15 is 0 Å². The predicted octanol–water partition coefficient (Wildman–Crippen LogP) is 1.54. The molecular weight excluding hydrogens is 438 g/mol. The van der Waals surface area contributed by atoms with E-state index < -0.39 is 35.8 Å². The van der Waals surface area contributed by atoms with Gasteiger partial charge >= 0.3 is 5.97 Å². The summed E-state index contributed by atoms with van der Waals surface area (Å²) in [5.74, 6) is -1.05. The van der Waals surface area contributed by atoms with Crippen LogP contribution in [-0.4, -0.2) is 68.4 Å². The molecule has 0 heterocycles. The van der Waals surface area contributed by atoms with E-state index in [1.165, 1.54) is 0 Å². The van der Waals surface area contributed by atoms with Gasteiger partial charge in [-0.25, -0.2) is 0 Å². The molecule has 4 aliphatic rings. The third-order valence-corrected chi connectivity index (χ3v) is 10.9. The van der Waals surface area contributed by atoms with E-state index in [1.54, 1.807) is 0 Å². The average molecular weight is 482 g/mol. The van der Waals surface area contributed by atoms with Crippen LogP contribution in [0, 0.1) is 46.3 Å². The molecule has 4 saturated carbocycles. The van der Waals surface area contributed by atoms with Gasteiger partial charge in [0.15, 0.2) is 0 Å². The summed E-state index contributed by atoms with van der Waals surface area (Å²) in [5.41, 5.74) is -0.618. The number of hydrogen-bond acceptors (Lipinski definition) is 6. The Kier molecular flexibility index (Phi) is 7.10. The molecule has 8 nitrogen and oxygen atoms in total. The number of aliphatic hydroxyl groups is 4. The minimum Gasteiger partial charge on any atom is -0.480 e. The van der Waals surface area contributed by atoms with Crippen molar-refractivity contribution in [3.63, 3.8) is 0 Å². The van der Waals surface area contributed by atoms with Crippen molar-refractivity contribution in [1.82, 2.24) is 5.32 Å². The first-order valence-electron chi connectivity index (χ1n) is 13.1. The molecule has 12 atom stereocenters. The average Bonchev–Trinajstić information content (AvgIpc) is 3.14. The van der Waals surface area contributed by atoms with Crippen molar-refractivity contribution >= 4 is 11.9 Å². The molecule has 6 N–H and O–H groups in total. The molecule has 4 aliphatic carbocycles. The fourth-order valence-electron chi connectivity index (χ4n) is 8.99. The van der Waals surface area contributed by atoms with E-state index in [4.69, 9.17) is 5.11 Å². The Morgan fingerprint density at radius 1 is 0.971 bits per heavy atom. The lowest BCUT2D eigenvalue weighted by atomic mass is 9.42. The lowest BCUT2D eigenvalue weighted by molar-refractivity contribution is -0.243. The van der Waals surface area contributed by atoms with Crippen LogP contribution in [0.1, 0.15) is 72.1 Å². The zero-order valence-electron chi connectivity index (χ0n) is 20.7. The SMILES string of the molecule is C[C@H](CCC(=O)NCC(=O)O)[C@H]1CC[C@H]2[C@@H]3[C@H](O)[C@@H](O)[C@@H]4C[C@H](O)CC[C@]4(C)[C@H]3C[C@@H](O)[C@]12C.